The Balaban J connectivity index is 1.29. The highest BCUT2D eigenvalue weighted by atomic mass is 32.1. The number of rotatable bonds is 5. The average molecular weight is 409 g/mol. The molecule has 0 unspecified atom stereocenters. The van der Waals surface area contributed by atoms with E-state index in [4.69, 9.17) is 4.74 Å². The number of thiazole rings is 1. The Kier molecular flexibility index (Phi) is 5.95. The van der Waals surface area contributed by atoms with Crippen LogP contribution in [-0.4, -0.2) is 49.2 Å². The number of aromatic nitrogens is 1. The summed E-state index contributed by atoms with van der Waals surface area (Å²) in [6.07, 6.45) is 0. The van der Waals surface area contributed by atoms with Crippen molar-refractivity contribution in [2.24, 2.45) is 0 Å². The molecular weight excluding hydrogens is 384 g/mol. The van der Waals surface area contributed by atoms with E-state index in [2.05, 4.69) is 21.3 Å². The zero-order chi connectivity index (χ0) is 20.1. The molecule has 0 aliphatic carbocycles. The number of urea groups is 1. The van der Waals surface area contributed by atoms with Crippen LogP contribution in [0, 0.1) is 0 Å². The van der Waals surface area contributed by atoms with Crippen molar-refractivity contribution in [3.63, 3.8) is 0 Å². The van der Waals surface area contributed by atoms with Crippen molar-refractivity contribution in [2.75, 3.05) is 38.2 Å². The molecule has 1 saturated heterocycles. The highest BCUT2D eigenvalue weighted by Crippen LogP contribution is 2.28. The summed E-state index contributed by atoms with van der Waals surface area (Å²) in [6.45, 7) is 3.36. The monoisotopic (exact) mass is 408 g/mol. The summed E-state index contributed by atoms with van der Waals surface area (Å²) < 4.78 is 5.45. The first kappa shape index (κ1) is 19.3. The summed E-state index contributed by atoms with van der Waals surface area (Å²) in [5.74, 6) is 0.864. The summed E-state index contributed by atoms with van der Waals surface area (Å²) in [5, 5.41) is 5.94. The smallest absolute Gasteiger partial charge is 0.317 e. The lowest BCUT2D eigenvalue weighted by atomic mass is 10.2. The van der Waals surface area contributed by atoms with Gasteiger partial charge in [0, 0.05) is 37.1 Å². The highest BCUT2D eigenvalue weighted by Gasteiger charge is 2.22. The normalized spacial score (nSPS) is 14.0. The molecule has 0 saturated carbocycles. The van der Waals surface area contributed by atoms with Gasteiger partial charge in [0.2, 0.25) is 0 Å². The van der Waals surface area contributed by atoms with Crippen LogP contribution in [0.4, 0.5) is 10.5 Å². The number of carbonyl (C=O) groups is 1. The van der Waals surface area contributed by atoms with E-state index in [0.717, 1.165) is 40.8 Å². The number of methoxy groups -OCH3 is 1. The third-order valence-corrected chi connectivity index (χ3v) is 5.85. The van der Waals surface area contributed by atoms with Gasteiger partial charge in [-0.05, 0) is 12.1 Å². The lowest BCUT2D eigenvalue weighted by Gasteiger charge is -2.36. The van der Waals surface area contributed by atoms with Crippen molar-refractivity contribution in [3.8, 4) is 17.0 Å². The summed E-state index contributed by atoms with van der Waals surface area (Å²) in [5.41, 5.74) is 3.12. The quantitative estimate of drug-likeness (QED) is 0.697. The fourth-order valence-electron chi connectivity index (χ4n) is 3.44. The van der Waals surface area contributed by atoms with Crippen LogP contribution in [-0.2, 0) is 6.54 Å². The van der Waals surface area contributed by atoms with Crippen molar-refractivity contribution in [2.45, 2.75) is 6.54 Å². The molecule has 1 fully saturated rings. The SMILES string of the molecule is COc1ccccc1N1CCN(C(=O)NCc2nc(-c3ccccc3)cs2)CC1. The van der Waals surface area contributed by atoms with Gasteiger partial charge in [0.1, 0.15) is 10.8 Å². The molecule has 1 aliphatic heterocycles. The van der Waals surface area contributed by atoms with Crippen molar-refractivity contribution >= 4 is 23.1 Å². The molecule has 1 aromatic heterocycles. The fourth-order valence-corrected chi connectivity index (χ4v) is 4.18. The van der Waals surface area contributed by atoms with Crippen molar-refractivity contribution in [3.05, 3.63) is 65.0 Å². The van der Waals surface area contributed by atoms with Crippen LogP contribution in [0.5, 0.6) is 5.75 Å². The van der Waals surface area contributed by atoms with Gasteiger partial charge in [0.05, 0.1) is 25.0 Å². The molecule has 1 N–H and O–H groups in total. The number of nitrogens with one attached hydrogen (secondary N) is 1. The third kappa shape index (κ3) is 4.51. The van der Waals surface area contributed by atoms with Crippen molar-refractivity contribution in [1.29, 1.82) is 0 Å². The van der Waals surface area contributed by atoms with E-state index in [9.17, 15) is 4.79 Å². The van der Waals surface area contributed by atoms with E-state index in [0.29, 0.717) is 19.6 Å². The molecule has 29 heavy (non-hydrogen) atoms. The Morgan fingerprint density at radius 2 is 1.79 bits per heavy atom. The molecule has 0 atom stereocenters. The minimum atomic E-state index is -0.0406. The zero-order valence-corrected chi connectivity index (χ0v) is 17.2. The number of ether oxygens (including phenoxy) is 1. The number of benzene rings is 2. The summed E-state index contributed by atoms with van der Waals surface area (Å²) in [7, 11) is 1.68. The molecule has 0 spiro atoms. The van der Waals surface area contributed by atoms with Gasteiger partial charge in [-0.2, -0.15) is 0 Å². The Bertz CT molecular complexity index is 952. The number of hydrogen-bond acceptors (Lipinski definition) is 5. The maximum absolute atomic E-state index is 12.6. The van der Waals surface area contributed by atoms with Crippen LogP contribution in [0.3, 0.4) is 0 Å². The van der Waals surface area contributed by atoms with Crippen molar-refractivity contribution < 1.29 is 9.53 Å². The largest absolute Gasteiger partial charge is 0.495 e. The summed E-state index contributed by atoms with van der Waals surface area (Å²) in [4.78, 5) is 21.3. The van der Waals surface area contributed by atoms with E-state index >= 15 is 0 Å². The van der Waals surface area contributed by atoms with Crippen LogP contribution < -0.4 is 15.0 Å². The standard InChI is InChI=1S/C22H24N4O2S/c1-28-20-10-6-5-9-19(20)25-11-13-26(14-12-25)22(27)23-15-21-24-18(16-29-21)17-7-3-2-4-8-17/h2-10,16H,11-15H2,1H3,(H,23,27). The molecule has 2 aromatic carbocycles. The minimum absolute atomic E-state index is 0.0406. The van der Waals surface area contributed by atoms with Crippen LogP contribution >= 0.6 is 11.3 Å². The topological polar surface area (TPSA) is 57.7 Å². The zero-order valence-electron chi connectivity index (χ0n) is 16.4. The third-order valence-electron chi connectivity index (χ3n) is 5.00. The fraction of sp³-hybridized carbons (Fsp3) is 0.273. The number of para-hydroxylation sites is 2. The molecule has 0 radical (unpaired) electrons. The van der Waals surface area contributed by atoms with Crippen LogP contribution in [0.15, 0.2) is 60.0 Å². The lowest BCUT2D eigenvalue weighted by Crippen LogP contribution is -2.51. The van der Waals surface area contributed by atoms with Gasteiger partial charge < -0.3 is 19.9 Å². The molecule has 2 heterocycles. The molecule has 0 bridgehead atoms. The first-order valence-corrected chi connectivity index (χ1v) is 10.5. The Morgan fingerprint density at radius 1 is 1.07 bits per heavy atom. The van der Waals surface area contributed by atoms with Crippen molar-refractivity contribution in [1.82, 2.24) is 15.2 Å². The summed E-state index contributed by atoms with van der Waals surface area (Å²) in [6, 6.07) is 18.0. The van der Waals surface area contributed by atoms with E-state index in [1.54, 1.807) is 18.4 Å². The highest BCUT2D eigenvalue weighted by molar-refractivity contribution is 7.09. The molecule has 4 rings (SSSR count). The second-order valence-electron chi connectivity index (χ2n) is 6.80. The minimum Gasteiger partial charge on any atom is -0.495 e. The van der Waals surface area contributed by atoms with E-state index < -0.39 is 0 Å². The average Bonchev–Trinajstić information content (AvgIpc) is 3.27. The van der Waals surface area contributed by atoms with Crippen LogP contribution in [0.2, 0.25) is 0 Å². The van der Waals surface area contributed by atoms with Gasteiger partial charge in [-0.15, -0.1) is 11.3 Å². The lowest BCUT2D eigenvalue weighted by molar-refractivity contribution is 0.194. The number of nitrogens with zero attached hydrogens (tertiary/aromatic N) is 3. The number of carbonyl (C=O) groups excluding carboxylic acids is 1. The first-order chi connectivity index (χ1) is 14.2. The maximum atomic E-state index is 12.6. The molecule has 1 aliphatic rings. The molecule has 3 aromatic rings. The molecular formula is C22H24N4O2S. The summed E-state index contributed by atoms with van der Waals surface area (Å²) >= 11 is 1.57. The van der Waals surface area contributed by atoms with Crippen LogP contribution in [0.1, 0.15) is 5.01 Å². The first-order valence-electron chi connectivity index (χ1n) is 9.65. The predicted octanol–water partition coefficient (Wildman–Crippen LogP) is 3.85. The Hall–Kier alpha value is -3.06. The van der Waals surface area contributed by atoms with E-state index in [1.165, 1.54) is 0 Å². The predicted molar refractivity (Wildman–Crippen MR) is 117 cm³/mol. The number of anilines is 1. The van der Waals surface area contributed by atoms with Gasteiger partial charge in [0.25, 0.3) is 0 Å². The maximum Gasteiger partial charge on any atom is 0.317 e. The van der Waals surface area contributed by atoms with Gasteiger partial charge >= 0.3 is 6.03 Å². The molecule has 6 nitrogen and oxygen atoms in total. The Labute approximate surface area is 174 Å². The van der Waals surface area contributed by atoms with Gasteiger partial charge in [0.15, 0.2) is 0 Å². The number of piperazine rings is 1. The van der Waals surface area contributed by atoms with Gasteiger partial charge in [-0.3, -0.25) is 0 Å². The van der Waals surface area contributed by atoms with Gasteiger partial charge in [-0.1, -0.05) is 42.5 Å². The van der Waals surface area contributed by atoms with E-state index in [-0.39, 0.29) is 6.03 Å². The molecule has 2 amide bonds. The second kappa shape index (κ2) is 8.96. The van der Waals surface area contributed by atoms with Crippen LogP contribution in [0.25, 0.3) is 11.3 Å². The number of amides is 2. The van der Waals surface area contributed by atoms with E-state index in [1.807, 2.05) is 58.8 Å². The Morgan fingerprint density at radius 3 is 2.55 bits per heavy atom. The molecule has 150 valence electrons. The molecule has 7 heteroatoms. The van der Waals surface area contributed by atoms with Gasteiger partial charge in [-0.25, -0.2) is 9.78 Å². The second-order valence-corrected chi connectivity index (χ2v) is 7.74. The number of hydrogen-bond donors (Lipinski definition) is 1.